The van der Waals surface area contributed by atoms with Gasteiger partial charge in [-0.2, -0.15) is 0 Å². The molecule has 0 unspecified atom stereocenters. The molecule has 0 saturated heterocycles. The van der Waals surface area contributed by atoms with Gasteiger partial charge in [0, 0.05) is 19.3 Å². The van der Waals surface area contributed by atoms with E-state index < -0.39 is 0 Å². The van der Waals surface area contributed by atoms with Gasteiger partial charge in [0.1, 0.15) is 0 Å². The van der Waals surface area contributed by atoms with E-state index in [1.165, 1.54) is 12.8 Å². The number of carbonyl (C=O) groups excluding carboxylic acids is 1. The third-order valence-electron chi connectivity index (χ3n) is 3.85. The maximum atomic E-state index is 11.8. The van der Waals surface area contributed by atoms with Crippen molar-refractivity contribution < 1.29 is 9.90 Å². The summed E-state index contributed by atoms with van der Waals surface area (Å²) < 4.78 is 0. The van der Waals surface area contributed by atoms with Crippen LogP contribution in [0.1, 0.15) is 32.1 Å². The lowest BCUT2D eigenvalue weighted by molar-refractivity contribution is 0.180. The second-order valence-electron chi connectivity index (χ2n) is 5.23. The summed E-state index contributed by atoms with van der Waals surface area (Å²) in [6, 6.07) is 3.36. The fourth-order valence-electron chi connectivity index (χ4n) is 2.76. The van der Waals surface area contributed by atoms with Gasteiger partial charge in [0.15, 0.2) is 0 Å². The Morgan fingerprint density at radius 3 is 2.84 bits per heavy atom. The first kappa shape index (κ1) is 13.8. The normalized spacial score (nSPS) is 17.1. The van der Waals surface area contributed by atoms with Crippen molar-refractivity contribution in [1.29, 1.82) is 0 Å². The van der Waals surface area contributed by atoms with Gasteiger partial charge in [0.05, 0.1) is 11.9 Å². The van der Waals surface area contributed by atoms with Crippen molar-refractivity contribution in [2.24, 2.45) is 5.41 Å². The zero-order chi connectivity index (χ0) is 13.6. The molecule has 1 saturated carbocycles. The fraction of sp³-hybridized carbons (Fsp3) is 0.571. The maximum absolute atomic E-state index is 11.8. The second kappa shape index (κ2) is 6.52. The van der Waals surface area contributed by atoms with Crippen LogP contribution in [0.4, 0.5) is 10.5 Å². The van der Waals surface area contributed by atoms with Crippen LogP contribution in [0.2, 0.25) is 0 Å². The lowest BCUT2D eigenvalue weighted by Crippen LogP contribution is -2.38. The van der Waals surface area contributed by atoms with Gasteiger partial charge in [0.25, 0.3) is 0 Å². The lowest BCUT2D eigenvalue weighted by Gasteiger charge is -2.28. The SMILES string of the molecule is O=C(NCC1(CCO)CCCC1)Nc1cccnc1. The number of hydrogen-bond acceptors (Lipinski definition) is 3. The van der Waals surface area contributed by atoms with E-state index in [9.17, 15) is 4.79 Å². The standard InChI is InChI=1S/C14H21N3O2/c18-9-7-14(5-1-2-6-14)11-16-13(19)17-12-4-3-8-15-10-12/h3-4,8,10,18H,1-2,5-7,9,11H2,(H2,16,17,19). The van der Waals surface area contributed by atoms with Crippen molar-refractivity contribution in [3.05, 3.63) is 24.5 Å². The summed E-state index contributed by atoms with van der Waals surface area (Å²) in [6.07, 6.45) is 8.58. The van der Waals surface area contributed by atoms with Gasteiger partial charge in [0.2, 0.25) is 0 Å². The number of nitrogens with one attached hydrogen (secondary N) is 2. The van der Waals surface area contributed by atoms with Crippen LogP contribution in [0.3, 0.4) is 0 Å². The molecule has 2 rings (SSSR count). The monoisotopic (exact) mass is 263 g/mol. The Hall–Kier alpha value is -1.62. The molecule has 19 heavy (non-hydrogen) atoms. The van der Waals surface area contributed by atoms with Crippen LogP contribution in [0.5, 0.6) is 0 Å². The minimum absolute atomic E-state index is 0.0844. The largest absolute Gasteiger partial charge is 0.396 e. The molecule has 0 bridgehead atoms. The zero-order valence-corrected chi connectivity index (χ0v) is 11.1. The molecule has 104 valence electrons. The molecule has 1 aromatic rings. The van der Waals surface area contributed by atoms with Crippen molar-refractivity contribution in [2.75, 3.05) is 18.5 Å². The number of aromatic nitrogens is 1. The van der Waals surface area contributed by atoms with Crippen molar-refractivity contribution in [3.63, 3.8) is 0 Å². The van der Waals surface area contributed by atoms with Crippen molar-refractivity contribution in [2.45, 2.75) is 32.1 Å². The molecular weight excluding hydrogens is 242 g/mol. The van der Waals surface area contributed by atoms with E-state index in [1.54, 1.807) is 24.5 Å². The number of anilines is 1. The molecule has 0 aromatic carbocycles. The predicted molar refractivity (Wildman–Crippen MR) is 73.9 cm³/mol. The number of nitrogens with zero attached hydrogens (tertiary/aromatic N) is 1. The van der Waals surface area contributed by atoms with Crippen LogP contribution >= 0.6 is 0 Å². The van der Waals surface area contributed by atoms with Crippen LogP contribution in [-0.2, 0) is 0 Å². The topological polar surface area (TPSA) is 74.2 Å². The Morgan fingerprint density at radius 2 is 2.21 bits per heavy atom. The number of hydrogen-bond donors (Lipinski definition) is 3. The highest BCUT2D eigenvalue weighted by Crippen LogP contribution is 2.40. The Labute approximate surface area is 113 Å². The zero-order valence-electron chi connectivity index (χ0n) is 11.1. The fourth-order valence-corrected chi connectivity index (χ4v) is 2.76. The molecule has 1 aliphatic carbocycles. The van der Waals surface area contributed by atoms with Crippen LogP contribution in [0.25, 0.3) is 0 Å². The molecule has 0 atom stereocenters. The summed E-state index contributed by atoms with van der Waals surface area (Å²) in [7, 11) is 0. The van der Waals surface area contributed by atoms with Gasteiger partial charge in [-0.05, 0) is 36.8 Å². The van der Waals surface area contributed by atoms with Gasteiger partial charge >= 0.3 is 6.03 Å². The highest BCUT2D eigenvalue weighted by atomic mass is 16.3. The highest BCUT2D eigenvalue weighted by Gasteiger charge is 2.33. The number of aliphatic hydroxyl groups excluding tert-OH is 1. The Bertz CT molecular complexity index is 402. The molecule has 1 fully saturated rings. The minimum atomic E-state index is -0.211. The summed E-state index contributed by atoms with van der Waals surface area (Å²) in [6.45, 7) is 0.811. The first-order chi connectivity index (χ1) is 9.24. The molecule has 2 amide bonds. The van der Waals surface area contributed by atoms with Crippen LogP contribution < -0.4 is 10.6 Å². The Kier molecular flexibility index (Phi) is 4.74. The summed E-state index contributed by atoms with van der Waals surface area (Å²) in [4.78, 5) is 15.7. The van der Waals surface area contributed by atoms with E-state index in [-0.39, 0.29) is 18.1 Å². The third kappa shape index (κ3) is 3.92. The number of pyridine rings is 1. The van der Waals surface area contributed by atoms with Crippen LogP contribution in [0.15, 0.2) is 24.5 Å². The molecule has 1 aromatic heterocycles. The summed E-state index contributed by atoms with van der Waals surface area (Å²) in [5.41, 5.74) is 0.767. The first-order valence-corrected chi connectivity index (χ1v) is 6.80. The van der Waals surface area contributed by atoms with E-state index in [2.05, 4.69) is 15.6 Å². The van der Waals surface area contributed by atoms with E-state index in [0.29, 0.717) is 12.2 Å². The molecule has 0 radical (unpaired) electrons. The molecule has 5 nitrogen and oxygen atoms in total. The van der Waals surface area contributed by atoms with E-state index >= 15 is 0 Å². The highest BCUT2D eigenvalue weighted by molar-refractivity contribution is 5.88. The van der Waals surface area contributed by atoms with Crippen LogP contribution in [-0.4, -0.2) is 29.3 Å². The van der Waals surface area contributed by atoms with Crippen LogP contribution in [0, 0.1) is 5.41 Å². The molecule has 1 heterocycles. The number of aliphatic hydroxyl groups is 1. The van der Waals surface area contributed by atoms with Gasteiger partial charge in [-0.3, -0.25) is 4.98 Å². The van der Waals surface area contributed by atoms with Gasteiger partial charge in [-0.15, -0.1) is 0 Å². The Morgan fingerprint density at radius 1 is 1.42 bits per heavy atom. The van der Waals surface area contributed by atoms with Crippen molar-refractivity contribution >= 4 is 11.7 Å². The smallest absolute Gasteiger partial charge is 0.319 e. The number of rotatable bonds is 5. The average molecular weight is 263 g/mol. The van der Waals surface area contributed by atoms with E-state index in [1.807, 2.05) is 0 Å². The molecule has 1 aliphatic rings. The van der Waals surface area contributed by atoms with Crippen molar-refractivity contribution in [3.8, 4) is 0 Å². The van der Waals surface area contributed by atoms with Gasteiger partial charge < -0.3 is 15.7 Å². The van der Waals surface area contributed by atoms with E-state index in [4.69, 9.17) is 5.11 Å². The first-order valence-electron chi connectivity index (χ1n) is 6.80. The minimum Gasteiger partial charge on any atom is -0.396 e. The second-order valence-corrected chi connectivity index (χ2v) is 5.23. The quantitative estimate of drug-likeness (QED) is 0.762. The Balaban J connectivity index is 1.82. The summed E-state index contributed by atoms with van der Waals surface area (Å²) in [5.74, 6) is 0. The van der Waals surface area contributed by atoms with Crippen molar-refractivity contribution in [1.82, 2.24) is 10.3 Å². The molecular formula is C14H21N3O2. The third-order valence-corrected chi connectivity index (χ3v) is 3.85. The maximum Gasteiger partial charge on any atom is 0.319 e. The number of urea groups is 1. The van der Waals surface area contributed by atoms with E-state index in [0.717, 1.165) is 19.3 Å². The molecule has 0 aliphatic heterocycles. The number of carbonyl (C=O) groups is 1. The molecule has 5 heteroatoms. The molecule has 0 spiro atoms. The molecule has 3 N–H and O–H groups in total. The van der Waals surface area contributed by atoms with Gasteiger partial charge in [-0.25, -0.2) is 4.79 Å². The van der Waals surface area contributed by atoms with Gasteiger partial charge in [-0.1, -0.05) is 12.8 Å². The summed E-state index contributed by atoms with van der Waals surface area (Å²) in [5, 5.41) is 14.8. The lowest BCUT2D eigenvalue weighted by atomic mass is 9.83. The number of amides is 2. The predicted octanol–water partition coefficient (Wildman–Crippen LogP) is 2.15. The average Bonchev–Trinajstić information content (AvgIpc) is 2.87. The summed E-state index contributed by atoms with van der Waals surface area (Å²) >= 11 is 0.